The van der Waals surface area contributed by atoms with Crippen molar-refractivity contribution in [1.29, 1.82) is 0 Å². The van der Waals surface area contributed by atoms with Gasteiger partial charge >= 0.3 is 0 Å². The first-order valence-corrected chi connectivity index (χ1v) is 6.54. The van der Waals surface area contributed by atoms with Crippen molar-refractivity contribution in [3.63, 3.8) is 0 Å². The average molecular weight is 207 g/mol. The number of hydrogen-bond donors (Lipinski definition) is 1. The molecule has 2 atom stereocenters. The van der Waals surface area contributed by atoms with Crippen LogP contribution >= 0.6 is 0 Å². The quantitative estimate of drug-likeness (QED) is 0.712. The molecule has 0 aliphatic carbocycles. The van der Waals surface area contributed by atoms with Crippen LogP contribution in [0.5, 0.6) is 0 Å². The smallest absolute Gasteiger partial charge is 0.152 e. The lowest BCUT2D eigenvalue weighted by Crippen LogP contribution is -2.27. The minimum Gasteiger partial charge on any atom is -0.317 e. The first-order chi connectivity index (χ1) is 5.94. The predicted octanol–water partition coefficient (Wildman–Crippen LogP) is 1.20. The molecule has 4 heteroatoms. The zero-order chi connectivity index (χ0) is 10.5. The normalized spacial score (nSPS) is 16.9. The summed E-state index contributed by atoms with van der Waals surface area (Å²) in [6.45, 7) is 5.68. The number of nitrogens with one attached hydrogen (secondary N) is 1. The number of rotatable bonds is 6. The Morgan fingerprint density at radius 3 is 2.23 bits per heavy atom. The summed E-state index contributed by atoms with van der Waals surface area (Å²) in [6.07, 6.45) is 1.40. The van der Waals surface area contributed by atoms with E-state index in [4.69, 9.17) is 0 Å². The molecule has 1 N–H and O–H groups in total. The van der Waals surface area contributed by atoms with Gasteiger partial charge in [-0.05, 0) is 33.7 Å². The second-order valence-electron chi connectivity index (χ2n) is 3.56. The van der Waals surface area contributed by atoms with Gasteiger partial charge in [0.2, 0.25) is 0 Å². The molecule has 0 radical (unpaired) electrons. The van der Waals surface area contributed by atoms with E-state index in [0.29, 0.717) is 18.6 Å². The van der Waals surface area contributed by atoms with Crippen LogP contribution in [0.4, 0.5) is 0 Å². The van der Waals surface area contributed by atoms with Gasteiger partial charge in [-0.2, -0.15) is 0 Å². The molecule has 13 heavy (non-hydrogen) atoms. The predicted molar refractivity (Wildman–Crippen MR) is 56.7 cm³/mol. The Labute approximate surface area is 81.8 Å². The molecule has 0 fully saturated rings. The maximum atomic E-state index is 11.6. The third-order valence-electron chi connectivity index (χ3n) is 2.52. The molecule has 0 saturated heterocycles. The van der Waals surface area contributed by atoms with Crippen molar-refractivity contribution in [2.75, 3.05) is 12.8 Å². The number of sulfone groups is 1. The van der Waals surface area contributed by atoms with Gasteiger partial charge in [0.1, 0.15) is 0 Å². The molecule has 0 bridgehead atoms. The molecule has 0 aliphatic heterocycles. The lowest BCUT2D eigenvalue weighted by molar-refractivity contribution is 0.556. The third-order valence-corrected chi connectivity index (χ3v) is 4.88. The zero-order valence-corrected chi connectivity index (χ0v) is 9.82. The van der Waals surface area contributed by atoms with Gasteiger partial charge in [0.05, 0.1) is 11.0 Å². The van der Waals surface area contributed by atoms with Crippen LogP contribution in [0.1, 0.15) is 33.6 Å². The molecule has 0 amide bonds. The van der Waals surface area contributed by atoms with Crippen LogP contribution < -0.4 is 5.32 Å². The fourth-order valence-electron chi connectivity index (χ4n) is 0.940. The Balaban J connectivity index is 4.04. The fourth-order valence-corrected chi connectivity index (χ4v) is 2.53. The second-order valence-corrected chi connectivity index (χ2v) is 6.10. The summed E-state index contributed by atoms with van der Waals surface area (Å²) in [6, 6.07) is 0.277. The maximum absolute atomic E-state index is 11.6. The molecule has 0 spiro atoms. The average Bonchev–Trinajstić information content (AvgIpc) is 2.12. The topological polar surface area (TPSA) is 46.2 Å². The lowest BCUT2D eigenvalue weighted by Gasteiger charge is -2.13. The van der Waals surface area contributed by atoms with Gasteiger partial charge in [0, 0.05) is 6.04 Å². The van der Waals surface area contributed by atoms with Crippen LogP contribution in [0.25, 0.3) is 0 Å². The summed E-state index contributed by atoms with van der Waals surface area (Å²) in [5.74, 6) is 0.296. The van der Waals surface area contributed by atoms with Crippen molar-refractivity contribution in [2.24, 2.45) is 0 Å². The Morgan fingerprint density at radius 1 is 1.31 bits per heavy atom. The summed E-state index contributed by atoms with van der Waals surface area (Å²) in [7, 11) is -1.01. The third kappa shape index (κ3) is 4.62. The van der Waals surface area contributed by atoms with Crippen LogP contribution in [0.2, 0.25) is 0 Å². The SMILES string of the molecule is CCC(C)S(=O)(=O)CCC(C)NC. The van der Waals surface area contributed by atoms with E-state index in [0.717, 1.165) is 0 Å². The molecule has 0 rings (SSSR count). The minimum absolute atomic E-state index is 0.198. The van der Waals surface area contributed by atoms with Gasteiger partial charge in [-0.15, -0.1) is 0 Å². The highest BCUT2D eigenvalue weighted by molar-refractivity contribution is 7.91. The fraction of sp³-hybridized carbons (Fsp3) is 1.00. The molecular weight excluding hydrogens is 186 g/mol. The van der Waals surface area contributed by atoms with Crippen LogP contribution in [0.3, 0.4) is 0 Å². The van der Waals surface area contributed by atoms with E-state index in [2.05, 4.69) is 5.32 Å². The molecule has 3 nitrogen and oxygen atoms in total. The largest absolute Gasteiger partial charge is 0.317 e. The lowest BCUT2D eigenvalue weighted by atomic mass is 10.3. The molecule has 0 aromatic rings. The highest BCUT2D eigenvalue weighted by Gasteiger charge is 2.19. The summed E-state index contributed by atoms with van der Waals surface area (Å²) in [5.41, 5.74) is 0. The molecule has 0 aliphatic rings. The van der Waals surface area contributed by atoms with E-state index in [1.807, 2.05) is 20.9 Å². The summed E-state index contributed by atoms with van der Waals surface area (Å²) in [4.78, 5) is 0. The molecule has 0 aromatic heterocycles. The van der Waals surface area contributed by atoms with E-state index < -0.39 is 9.84 Å². The standard InChI is InChI=1S/C9H21NO2S/c1-5-9(3)13(11,12)7-6-8(2)10-4/h8-10H,5-7H2,1-4H3. The molecule has 0 aromatic carbocycles. The van der Waals surface area contributed by atoms with Crippen molar-refractivity contribution in [3.05, 3.63) is 0 Å². The van der Waals surface area contributed by atoms with Crippen molar-refractivity contribution in [2.45, 2.75) is 44.9 Å². The zero-order valence-electron chi connectivity index (χ0n) is 9.00. The van der Waals surface area contributed by atoms with Crippen LogP contribution in [-0.2, 0) is 9.84 Å². The summed E-state index contributed by atoms with van der Waals surface area (Å²) in [5, 5.41) is 2.83. The first kappa shape index (κ1) is 12.9. The summed E-state index contributed by atoms with van der Waals surface area (Å²) >= 11 is 0. The molecule has 0 saturated carbocycles. The highest BCUT2D eigenvalue weighted by atomic mass is 32.2. The Kier molecular flexibility index (Phi) is 5.56. The number of hydrogen-bond acceptors (Lipinski definition) is 3. The Hall–Kier alpha value is -0.0900. The Bertz CT molecular complexity index is 224. The molecular formula is C9H21NO2S. The van der Waals surface area contributed by atoms with Gasteiger partial charge in [0.15, 0.2) is 9.84 Å². The monoisotopic (exact) mass is 207 g/mol. The van der Waals surface area contributed by atoms with E-state index in [-0.39, 0.29) is 11.3 Å². The second kappa shape index (κ2) is 5.60. The van der Waals surface area contributed by atoms with E-state index in [1.54, 1.807) is 6.92 Å². The Morgan fingerprint density at radius 2 is 1.85 bits per heavy atom. The van der Waals surface area contributed by atoms with Gasteiger partial charge in [0.25, 0.3) is 0 Å². The maximum Gasteiger partial charge on any atom is 0.152 e. The van der Waals surface area contributed by atoms with Crippen molar-refractivity contribution in [1.82, 2.24) is 5.32 Å². The van der Waals surface area contributed by atoms with Crippen LogP contribution in [0.15, 0.2) is 0 Å². The van der Waals surface area contributed by atoms with Crippen molar-refractivity contribution in [3.8, 4) is 0 Å². The van der Waals surface area contributed by atoms with E-state index in [9.17, 15) is 8.42 Å². The first-order valence-electron chi connectivity index (χ1n) is 4.82. The molecule has 80 valence electrons. The van der Waals surface area contributed by atoms with Crippen molar-refractivity contribution >= 4 is 9.84 Å². The van der Waals surface area contributed by atoms with Gasteiger partial charge < -0.3 is 5.32 Å². The molecule has 2 unspecified atom stereocenters. The van der Waals surface area contributed by atoms with E-state index in [1.165, 1.54) is 0 Å². The van der Waals surface area contributed by atoms with Gasteiger partial charge in [-0.3, -0.25) is 0 Å². The minimum atomic E-state index is -2.86. The van der Waals surface area contributed by atoms with Crippen LogP contribution in [0, 0.1) is 0 Å². The summed E-state index contributed by atoms with van der Waals surface area (Å²) < 4.78 is 23.1. The van der Waals surface area contributed by atoms with E-state index >= 15 is 0 Å². The van der Waals surface area contributed by atoms with Gasteiger partial charge in [-0.1, -0.05) is 6.92 Å². The van der Waals surface area contributed by atoms with Crippen LogP contribution in [-0.4, -0.2) is 32.5 Å². The molecule has 0 heterocycles. The van der Waals surface area contributed by atoms with Crippen molar-refractivity contribution < 1.29 is 8.42 Å². The highest BCUT2D eigenvalue weighted by Crippen LogP contribution is 2.08. The van der Waals surface area contributed by atoms with Gasteiger partial charge in [-0.25, -0.2) is 8.42 Å².